The Morgan fingerprint density at radius 1 is 1.23 bits per heavy atom. The second kappa shape index (κ2) is 7.18. The van der Waals surface area contributed by atoms with Gasteiger partial charge >= 0.3 is 0 Å². The number of hydrogen-bond donors (Lipinski definition) is 1. The van der Waals surface area contributed by atoms with E-state index in [0.717, 1.165) is 5.56 Å². The van der Waals surface area contributed by atoms with E-state index >= 15 is 0 Å². The van der Waals surface area contributed by atoms with Crippen LogP contribution in [0.15, 0.2) is 42.5 Å². The van der Waals surface area contributed by atoms with E-state index in [1.54, 1.807) is 49.5 Å². The highest BCUT2D eigenvalue weighted by atomic mass is 35.5. The average Bonchev–Trinajstić information content (AvgIpc) is 2.48. The lowest BCUT2D eigenvalue weighted by atomic mass is 10.1. The normalized spacial score (nSPS) is 10.3. The summed E-state index contributed by atoms with van der Waals surface area (Å²) in [7, 11) is 1.67. The van der Waals surface area contributed by atoms with Crippen molar-refractivity contribution in [1.82, 2.24) is 4.90 Å². The maximum Gasteiger partial charge on any atom is 0.257 e. The van der Waals surface area contributed by atoms with E-state index in [-0.39, 0.29) is 11.7 Å². The molecule has 1 amide bonds. The Morgan fingerprint density at radius 2 is 1.91 bits per heavy atom. The summed E-state index contributed by atoms with van der Waals surface area (Å²) in [6.07, 6.45) is 0. The molecule has 0 heterocycles. The highest BCUT2D eigenvalue weighted by molar-refractivity contribution is 6.30. The standard InChI is InChI=1S/C17H18ClNO3/c1-12-3-8-15(16(20)11-12)17(21)19(2)9-10-22-14-6-4-13(18)5-7-14/h3-8,11,20H,9-10H2,1-2H3. The molecule has 22 heavy (non-hydrogen) atoms. The van der Waals surface area contributed by atoms with E-state index in [4.69, 9.17) is 16.3 Å². The lowest BCUT2D eigenvalue weighted by molar-refractivity contribution is 0.0771. The van der Waals surface area contributed by atoms with Crippen molar-refractivity contribution in [1.29, 1.82) is 0 Å². The maximum atomic E-state index is 12.3. The van der Waals surface area contributed by atoms with Crippen molar-refractivity contribution in [3.05, 3.63) is 58.6 Å². The molecular formula is C17H18ClNO3. The molecular weight excluding hydrogens is 302 g/mol. The van der Waals surface area contributed by atoms with Gasteiger partial charge in [0.1, 0.15) is 18.1 Å². The molecule has 0 aromatic heterocycles. The largest absolute Gasteiger partial charge is 0.507 e. The van der Waals surface area contributed by atoms with Crippen LogP contribution in [-0.4, -0.2) is 36.1 Å². The smallest absolute Gasteiger partial charge is 0.257 e. The number of halogens is 1. The van der Waals surface area contributed by atoms with E-state index in [9.17, 15) is 9.90 Å². The third-order valence-corrected chi connectivity index (χ3v) is 3.49. The molecule has 2 aromatic carbocycles. The monoisotopic (exact) mass is 319 g/mol. The summed E-state index contributed by atoms with van der Waals surface area (Å²) in [5.74, 6) is 0.455. The third kappa shape index (κ3) is 4.15. The quantitative estimate of drug-likeness (QED) is 0.917. The van der Waals surface area contributed by atoms with Gasteiger partial charge in [0.05, 0.1) is 12.1 Å². The summed E-state index contributed by atoms with van der Waals surface area (Å²) < 4.78 is 5.55. The van der Waals surface area contributed by atoms with Crippen LogP contribution in [0.1, 0.15) is 15.9 Å². The molecule has 0 radical (unpaired) electrons. The Bertz CT molecular complexity index is 655. The molecule has 2 rings (SSSR count). The number of phenolic OH excluding ortho intramolecular Hbond substituents is 1. The Balaban J connectivity index is 1.90. The number of nitrogens with zero attached hydrogens (tertiary/aromatic N) is 1. The maximum absolute atomic E-state index is 12.3. The minimum Gasteiger partial charge on any atom is -0.507 e. The number of carbonyl (C=O) groups excluding carboxylic acids is 1. The van der Waals surface area contributed by atoms with Crippen LogP contribution in [0.2, 0.25) is 5.02 Å². The molecule has 5 heteroatoms. The van der Waals surface area contributed by atoms with Gasteiger partial charge in [0.15, 0.2) is 0 Å². The van der Waals surface area contributed by atoms with Crippen molar-refractivity contribution in [3.63, 3.8) is 0 Å². The van der Waals surface area contributed by atoms with Gasteiger partial charge in [-0.25, -0.2) is 0 Å². The Morgan fingerprint density at radius 3 is 2.55 bits per heavy atom. The molecule has 0 saturated carbocycles. The van der Waals surface area contributed by atoms with Gasteiger partial charge in [-0.2, -0.15) is 0 Å². The zero-order valence-corrected chi connectivity index (χ0v) is 13.3. The van der Waals surface area contributed by atoms with E-state index in [1.807, 2.05) is 6.92 Å². The van der Waals surface area contributed by atoms with Crippen molar-refractivity contribution < 1.29 is 14.6 Å². The van der Waals surface area contributed by atoms with Crippen LogP contribution in [0.4, 0.5) is 0 Å². The van der Waals surface area contributed by atoms with Crippen LogP contribution in [-0.2, 0) is 0 Å². The predicted octanol–water partition coefficient (Wildman–Crippen LogP) is 3.51. The first-order valence-corrected chi connectivity index (χ1v) is 7.28. The summed E-state index contributed by atoms with van der Waals surface area (Å²) >= 11 is 5.80. The molecule has 1 N–H and O–H groups in total. The Labute approximate surface area is 134 Å². The number of carbonyl (C=O) groups is 1. The highest BCUT2D eigenvalue weighted by Crippen LogP contribution is 2.20. The SMILES string of the molecule is Cc1ccc(C(=O)N(C)CCOc2ccc(Cl)cc2)c(O)c1. The molecule has 4 nitrogen and oxygen atoms in total. The summed E-state index contributed by atoms with van der Waals surface area (Å²) in [5, 5.41) is 10.5. The molecule has 2 aromatic rings. The first-order chi connectivity index (χ1) is 10.5. The third-order valence-electron chi connectivity index (χ3n) is 3.24. The minimum atomic E-state index is -0.239. The van der Waals surface area contributed by atoms with Crippen molar-refractivity contribution in [2.24, 2.45) is 0 Å². The number of hydrogen-bond acceptors (Lipinski definition) is 3. The number of benzene rings is 2. The minimum absolute atomic E-state index is 0.00419. The van der Waals surface area contributed by atoms with E-state index in [1.165, 1.54) is 4.90 Å². The Kier molecular flexibility index (Phi) is 5.28. The lowest BCUT2D eigenvalue weighted by Crippen LogP contribution is -2.30. The first kappa shape index (κ1) is 16.2. The zero-order valence-electron chi connectivity index (χ0n) is 12.5. The fraction of sp³-hybridized carbons (Fsp3) is 0.235. The first-order valence-electron chi connectivity index (χ1n) is 6.91. The van der Waals surface area contributed by atoms with Crippen molar-refractivity contribution in [2.45, 2.75) is 6.92 Å². The second-order valence-electron chi connectivity index (χ2n) is 5.05. The summed E-state index contributed by atoms with van der Waals surface area (Å²) in [4.78, 5) is 13.8. The van der Waals surface area contributed by atoms with Gasteiger partial charge in [0.2, 0.25) is 0 Å². The van der Waals surface area contributed by atoms with Gasteiger partial charge in [-0.15, -0.1) is 0 Å². The fourth-order valence-electron chi connectivity index (χ4n) is 1.96. The molecule has 0 atom stereocenters. The molecule has 0 aliphatic heterocycles. The molecule has 116 valence electrons. The number of phenols is 1. The summed E-state index contributed by atoms with van der Waals surface area (Å²) in [5.41, 5.74) is 1.20. The van der Waals surface area contributed by atoms with Crippen LogP contribution in [0, 0.1) is 6.92 Å². The number of rotatable bonds is 5. The van der Waals surface area contributed by atoms with Crippen LogP contribution < -0.4 is 4.74 Å². The number of ether oxygens (including phenoxy) is 1. The molecule has 0 aliphatic carbocycles. The van der Waals surface area contributed by atoms with Gasteiger partial charge in [-0.3, -0.25) is 4.79 Å². The van der Waals surface area contributed by atoms with Gasteiger partial charge in [-0.1, -0.05) is 17.7 Å². The topological polar surface area (TPSA) is 49.8 Å². The van der Waals surface area contributed by atoms with Gasteiger partial charge in [0, 0.05) is 12.1 Å². The molecule has 0 fully saturated rings. The Hall–Kier alpha value is -2.20. The van der Waals surface area contributed by atoms with Gasteiger partial charge in [-0.05, 0) is 48.9 Å². The highest BCUT2D eigenvalue weighted by Gasteiger charge is 2.15. The van der Waals surface area contributed by atoms with Crippen LogP contribution in [0.5, 0.6) is 11.5 Å². The number of aromatic hydroxyl groups is 1. The molecule has 0 unspecified atom stereocenters. The summed E-state index contributed by atoms with van der Waals surface area (Å²) in [6.45, 7) is 2.63. The fourth-order valence-corrected chi connectivity index (χ4v) is 2.09. The van der Waals surface area contributed by atoms with Crippen molar-refractivity contribution in [3.8, 4) is 11.5 Å². The van der Waals surface area contributed by atoms with Gasteiger partial charge < -0.3 is 14.7 Å². The predicted molar refractivity (Wildman–Crippen MR) is 86.8 cm³/mol. The molecule has 0 aliphatic rings. The van der Waals surface area contributed by atoms with Crippen LogP contribution >= 0.6 is 11.6 Å². The van der Waals surface area contributed by atoms with E-state index in [0.29, 0.717) is 29.5 Å². The summed E-state index contributed by atoms with van der Waals surface area (Å²) in [6, 6.07) is 12.0. The van der Waals surface area contributed by atoms with Gasteiger partial charge in [0.25, 0.3) is 5.91 Å². The van der Waals surface area contributed by atoms with E-state index in [2.05, 4.69) is 0 Å². The van der Waals surface area contributed by atoms with Crippen molar-refractivity contribution >= 4 is 17.5 Å². The molecule has 0 saturated heterocycles. The second-order valence-corrected chi connectivity index (χ2v) is 5.49. The van der Waals surface area contributed by atoms with E-state index < -0.39 is 0 Å². The van der Waals surface area contributed by atoms with Crippen molar-refractivity contribution in [2.75, 3.05) is 20.2 Å². The average molecular weight is 320 g/mol. The molecule has 0 spiro atoms. The van der Waals surface area contributed by atoms with Crippen LogP contribution in [0.25, 0.3) is 0 Å². The number of likely N-dealkylation sites (N-methyl/N-ethyl adjacent to an activating group) is 1. The number of amides is 1. The molecule has 0 bridgehead atoms. The number of aryl methyl sites for hydroxylation is 1. The zero-order chi connectivity index (χ0) is 16.1. The van der Waals surface area contributed by atoms with Crippen LogP contribution in [0.3, 0.4) is 0 Å². The lowest BCUT2D eigenvalue weighted by Gasteiger charge is -2.18.